The van der Waals surface area contributed by atoms with Crippen molar-refractivity contribution in [2.75, 3.05) is 51.3 Å². The molecule has 6 nitrogen and oxygen atoms in total. The molecular weight excluding hydrogens is 365 g/mol. The summed E-state index contributed by atoms with van der Waals surface area (Å²) >= 11 is 12.0. The van der Waals surface area contributed by atoms with E-state index in [2.05, 4.69) is 10.2 Å². The van der Waals surface area contributed by atoms with Gasteiger partial charge in [-0.1, -0.05) is 29.3 Å². The number of amides is 2. The van der Waals surface area contributed by atoms with Crippen LogP contribution in [0.2, 0.25) is 10.0 Å². The standard InChI is InChI=1S/C17H23Cl2N3O3/c1-13(23)22(8-7-21-9-11-25-12-10-21)6-5-16(24)20-15-4-2-3-14(18)17(15)19/h2-4H,5-12H2,1H3,(H,20,24). The molecule has 1 aromatic carbocycles. The second kappa shape index (κ2) is 9.97. The molecule has 1 aliphatic rings. The van der Waals surface area contributed by atoms with Gasteiger partial charge in [-0.25, -0.2) is 0 Å². The predicted octanol–water partition coefficient (Wildman–Crippen LogP) is 2.50. The van der Waals surface area contributed by atoms with Crippen LogP contribution in [0.3, 0.4) is 0 Å². The van der Waals surface area contributed by atoms with Crippen molar-refractivity contribution >= 4 is 40.7 Å². The molecule has 0 aromatic heterocycles. The van der Waals surface area contributed by atoms with Crippen molar-refractivity contribution in [2.24, 2.45) is 0 Å². The van der Waals surface area contributed by atoms with E-state index < -0.39 is 0 Å². The van der Waals surface area contributed by atoms with E-state index in [1.807, 2.05) is 0 Å². The maximum Gasteiger partial charge on any atom is 0.226 e. The van der Waals surface area contributed by atoms with E-state index in [0.717, 1.165) is 32.8 Å². The molecule has 1 heterocycles. The van der Waals surface area contributed by atoms with Crippen LogP contribution in [0.25, 0.3) is 0 Å². The fraction of sp³-hybridized carbons (Fsp3) is 0.529. The summed E-state index contributed by atoms with van der Waals surface area (Å²) in [5.41, 5.74) is 0.474. The lowest BCUT2D eigenvalue weighted by atomic mass is 10.3. The van der Waals surface area contributed by atoms with Crippen molar-refractivity contribution in [1.82, 2.24) is 9.80 Å². The molecule has 0 unspecified atom stereocenters. The fourth-order valence-corrected chi connectivity index (χ4v) is 2.91. The minimum Gasteiger partial charge on any atom is -0.379 e. The summed E-state index contributed by atoms with van der Waals surface area (Å²) in [5, 5.41) is 3.43. The molecule has 1 N–H and O–H groups in total. The summed E-state index contributed by atoms with van der Waals surface area (Å²) in [6.45, 7) is 6.46. The molecule has 0 aliphatic carbocycles. The Labute approximate surface area is 158 Å². The summed E-state index contributed by atoms with van der Waals surface area (Å²) in [6, 6.07) is 5.06. The molecule has 1 aromatic rings. The van der Waals surface area contributed by atoms with E-state index >= 15 is 0 Å². The number of morpholine rings is 1. The highest BCUT2D eigenvalue weighted by atomic mass is 35.5. The lowest BCUT2D eigenvalue weighted by molar-refractivity contribution is -0.129. The molecule has 1 fully saturated rings. The number of carbonyl (C=O) groups is 2. The van der Waals surface area contributed by atoms with Crippen LogP contribution in [0.4, 0.5) is 5.69 Å². The third-order valence-electron chi connectivity index (χ3n) is 4.07. The first-order valence-corrected chi connectivity index (χ1v) is 9.02. The first kappa shape index (κ1) is 20.0. The SMILES string of the molecule is CC(=O)N(CCC(=O)Nc1cccc(Cl)c1Cl)CCN1CCOCC1. The molecule has 1 saturated heterocycles. The van der Waals surface area contributed by atoms with Crippen molar-refractivity contribution < 1.29 is 14.3 Å². The number of benzene rings is 1. The maximum atomic E-state index is 12.1. The zero-order chi connectivity index (χ0) is 18.2. The largest absolute Gasteiger partial charge is 0.379 e. The lowest BCUT2D eigenvalue weighted by Crippen LogP contribution is -2.43. The maximum absolute atomic E-state index is 12.1. The molecule has 0 bridgehead atoms. The van der Waals surface area contributed by atoms with Crippen LogP contribution < -0.4 is 5.32 Å². The first-order valence-electron chi connectivity index (χ1n) is 8.27. The minimum absolute atomic E-state index is 0.0400. The minimum atomic E-state index is -0.207. The van der Waals surface area contributed by atoms with E-state index in [1.54, 1.807) is 23.1 Å². The second-order valence-electron chi connectivity index (χ2n) is 5.86. The van der Waals surface area contributed by atoms with Crippen molar-refractivity contribution in [3.05, 3.63) is 28.2 Å². The average Bonchev–Trinajstić information content (AvgIpc) is 2.59. The highest BCUT2D eigenvalue weighted by Gasteiger charge is 2.16. The normalized spacial score (nSPS) is 15.0. The van der Waals surface area contributed by atoms with Crippen LogP contribution in [0.15, 0.2) is 18.2 Å². The molecule has 1 aliphatic heterocycles. The van der Waals surface area contributed by atoms with Gasteiger partial charge in [0.05, 0.1) is 28.9 Å². The summed E-state index contributed by atoms with van der Waals surface area (Å²) in [7, 11) is 0. The molecule has 8 heteroatoms. The number of hydrogen-bond donors (Lipinski definition) is 1. The second-order valence-corrected chi connectivity index (χ2v) is 6.64. The Morgan fingerprint density at radius 1 is 1.24 bits per heavy atom. The summed E-state index contributed by atoms with van der Waals surface area (Å²) in [4.78, 5) is 27.9. The molecule has 25 heavy (non-hydrogen) atoms. The van der Waals surface area contributed by atoms with Gasteiger partial charge >= 0.3 is 0 Å². The van der Waals surface area contributed by atoms with Gasteiger partial charge in [0.1, 0.15) is 0 Å². The zero-order valence-electron chi connectivity index (χ0n) is 14.3. The number of rotatable bonds is 7. The van der Waals surface area contributed by atoms with Gasteiger partial charge in [-0.05, 0) is 12.1 Å². The lowest BCUT2D eigenvalue weighted by Gasteiger charge is -2.29. The highest BCUT2D eigenvalue weighted by Crippen LogP contribution is 2.29. The number of nitrogens with zero attached hydrogens (tertiary/aromatic N) is 2. The zero-order valence-corrected chi connectivity index (χ0v) is 15.8. The fourth-order valence-electron chi connectivity index (χ4n) is 2.56. The number of anilines is 1. The summed E-state index contributed by atoms with van der Waals surface area (Å²) in [6.07, 6.45) is 0.200. The quantitative estimate of drug-likeness (QED) is 0.780. The first-order chi connectivity index (χ1) is 12.0. The number of carbonyl (C=O) groups excluding carboxylic acids is 2. The topological polar surface area (TPSA) is 61.9 Å². The van der Waals surface area contributed by atoms with Crippen molar-refractivity contribution in [1.29, 1.82) is 0 Å². The monoisotopic (exact) mass is 387 g/mol. The molecule has 0 saturated carbocycles. The van der Waals surface area contributed by atoms with E-state index in [9.17, 15) is 9.59 Å². The third kappa shape index (κ3) is 6.47. The predicted molar refractivity (Wildman–Crippen MR) is 99.2 cm³/mol. The Balaban J connectivity index is 1.80. The van der Waals surface area contributed by atoms with Crippen molar-refractivity contribution in [2.45, 2.75) is 13.3 Å². The highest BCUT2D eigenvalue weighted by molar-refractivity contribution is 6.43. The van der Waals surface area contributed by atoms with Crippen LogP contribution in [-0.2, 0) is 14.3 Å². The van der Waals surface area contributed by atoms with Gasteiger partial charge in [0.25, 0.3) is 0 Å². The van der Waals surface area contributed by atoms with Crippen LogP contribution >= 0.6 is 23.2 Å². The number of hydrogen-bond acceptors (Lipinski definition) is 4. The molecule has 0 spiro atoms. The number of ether oxygens (including phenoxy) is 1. The Bertz CT molecular complexity index is 607. The van der Waals surface area contributed by atoms with Gasteiger partial charge in [-0.3, -0.25) is 14.5 Å². The molecular formula is C17H23Cl2N3O3. The molecule has 0 radical (unpaired) electrons. The van der Waals surface area contributed by atoms with Crippen LogP contribution in [0.1, 0.15) is 13.3 Å². The molecule has 2 amide bonds. The average molecular weight is 388 g/mol. The van der Waals surface area contributed by atoms with E-state index in [0.29, 0.717) is 28.8 Å². The number of halogens is 2. The van der Waals surface area contributed by atoms with Crippen molar-refractivity contribution in [3.63, 3.8) is 0 Å². The van der Waals surface area contributed by atoms with Crippen LogP contribution in [0.5, 0.6) is 0 Å². The van der Waals surface area contributed by atoms with Gasteiger partial charge in [0.2, 0.25) is 11.8 Å². The van der Waals surface area contributed by atoms with Crippen LogP contribution in [-0.4, -0.2) is 67.6 Å². The van der Waals surface area contributed by atoms with Gasteiger partial charge in [0.15, 0.2) is 0 Å². The van der Waals surface area contributed by atoms with E-state index in [-0.39, 0.29) is 18.2 Å². The summed E-state index contributed by atoms with van der Waals surface area (Å²) in [5.74, 6) is -0.247. The van der Waals surface area contributed by atoms with Gasteiger partial charge in [-0.15, -0.1) is 0 Å². The summed E-state index contributed by atoms with van der Waals surface area (Å²) < 4.78 is 5.31. The third-order valence-corrected chi connectivity index (χ3v) is 4.89. The Morgan fingerprint density at radius 2 is 1.96 bits per heavy atom. The Morgan fingerprint density at radius 3 is 2.64 bits per heavy atom. The Kier molecular flexibility index (Phi) is 7.96. The molecule has 138 valence electrons. The van der Waals surface area contributed by atoms with Gasteiger partial charge in [-0.2, -0.15) is 0 Å². The van der Waals surface area contributed by atoms with E-state index in [4.69, 9.17) is 27.9 Å². The van der Waals surface area contributed by atoms with Crippen molar-refractivity contribution in [3.8, 4) is 0 Å². The smallest absolute Gasteiger partial charge is 0.226 e. The molecule has 0 atom stereocenters. The van der Waals surface area contributed by atoms with Crippen LogP contribution in [0, 0.1) is 0 Å². The van der Waals surface area contributed by atoms with E-state index in [1.165, 1.54) is 6.92 Å². The number of nitrogens with one attached hydrogen (secondary N) is 1. The van der Waals surface area contributed by atoms with Gasteiger partial charge < -0.3 is 15.0 Å². The Hall–Kier alpha value is -1.34. The van der Waals surface area contributed by atoms with Gasteiger partial charge in [0, 0.05) is 46.1 Å². The molecule has 2 rings (SSSR count).